The van der Waals surface area contributed by atoms with Crippen LogP contribution in [0.25, 0.3) is 12.2 Å². The van der Waals surface area contributed by atoms with Crippen LogP contribution >= 0.6 is 0 Å². The molecule has 0 unspecified atom stereocenters. The molecule has 0 spiro atoms. The normalized spacial score (nSPS) is 12.4. The van der Waals surface area contributed by atoms with Crippen molar-refractivity contribution in [2.75, 3.05) is 24.0 Å². The molecule has 0 saturated carbocycles. The van der Waals surface area contributed by atoms with E-state index in [2.05, 4.69) is 214 Å². The molecule has 0 aromatic heterocycles. The molecular formula is C56H66N2O2. The Hall–Kier alpha value is -5.74. The molecule has 6 aromatic rings. The number of hydrogen-bond donors (Lipinski definition) is 0. The summed E-state index contributed by atoms with van der Waals surface area (Å²) < 4.78 is 11.1. The molecule has 0 aliphatic rings. The molecule has 0 radical (unpaired) electrons. The van der Waals surface area contributed by atoms with E-state index in [-0.39, 0.29) is 21.7 Å². The molecule has 0 aliphatic heterocycles. The van der Waals surface area contributed by atoms with E-state index in [1.54, 1.807) is 14.2 Å². The second-order valence-corrected chi connectivity index (χ2v) is 20.1. The third kappa shape index (κ3) is 10.3. The van der Waals surface area contributed by atoms with Gasteiger partial charge in [0.25, 0.3) is 0 Å². The van der Waals surface area contributed by atoms with Gasteiger partial charge in [-0.25, -0.2) is 0 Å². The van der Waals surface area contributed by atoms with E-state index >= 15 is 0 Å². The molecule has 0 amide bonds. The molecule has 0 fully saturated rings. The molecule has 60 heavy (non-hydrogen) atoms. The minimum Gasteiger partial charge on any atom is -0.497 e. The summed E-state index contributed by atoms with van der Waals surface area (Å²) in [6, 6.07) is 48.5. The maximum absolute atomic E-state index is 5.53. The van der Waals surface area contributed by atoms with E-state index in [0.717, 1.165) is 56.8 Å². The Labute approximate surface area is 361 Å². The van der Waals surface area contributed by atoms with Crippen LogP contribution in [0.4, 0.5) is 34.1 Å². The molecule has 0 bridgehead atoms. The summed E-state index contributed by atoms with van der Waals surface area (Å²) in [5.74, 6) is 1.67. The van der Waals surface area contributed by atoms with Crippen LogP contribution in [0.3, 0.4) is 0 Å². The van der Waals surface area contributed by atoms with Gasteiger partial charge < -0.3 is 19.3 Å². The Morgan fingerprint density at radius 1 is 0.317 bits per heavy atom. The lowest BCUT2D eigenvalue weighted by molar-refractivity contribution is 0.414. The van der Waals surface area contributed by atoms with Crippen molar-refractivity contribution in [1.82, 2.24) is 0 Å². The highest BCUT2D eigenvalue weighted by molar-refractivity contribution is 5.81. The largest absolute Gasteiger partial charge is 0.497 e. The van der Waals surface area contributed by atoms with E-state index in [9.17, 15) is 0 Å². The van der Waals surface area contributed by atoms with Crippen LogP contribution in [0.15, 0.2) is 133 Å². The monoisotopic (exact) mass is 799 g/mol. The first-order valence-corrected chi connectivity index (χ1v) is 21.2. The van der Waals surface area contributed by atoms with E-state index in [1.165, 1.54) is 22.3 Å². The molecule has 0 saturated heterocycles. The molecule has 4 nitrogen and oxygen atoms in total. The van der Waals surface area contributed by atoms with Gasteiger partial charge in [0, 0.05) is 34.1 Å². The zero-order chi connectivity index (χ0) is 43.6. The van der Waals surface area contributed by atoms with Crippen molar-refractivity contribution >= 4 is 46.3 Å². The maximum atomic E-state index is 5.53. The number of anilines is 6. The molecule has 0 N–H and O–H groups in total. The smallest absolute Gasteiger partial charge is 0.119 e. The zero-order valence-corrected chi connectivity index (χ0v) is 38.6. The summed E-state index contributed by atoms with van der Waals surface area (Å²) >= 11 is 0. The fraction of sp³-hybridized carbons (Fsp3) is 0.321. The van der Waals surface area contributed by atoms with E-state index in [0.29, 0.717) is 0 Å². The average Bonchev–Trinajstić information content (AvgIpc) is 3.20. The summed E-state index contributed by atoms with van der Waals surface area (Å²) in [7, 11) is 3.42. The Kier molecular flexibility index (Phi) is 12.5. The predicted octanol–water partition coefficient (Wildman–Crippen LogP) is 16.0. The Morgan fingerprint density at radius 2 is 0.550 bits per heavy atom. The Morgan fingerprint density at radius 3 is 0.767 bits per heavy atom. The SMILES string of the molecule is COc1ccc(N(c2ccc(/C=C/c3ccc(N(c4ccc(OC)cc4)c4cc(C(C)(C)C)cc(C(C)(C)C)c4)cc3)cc2)c2cc(C(C)(C)C)cc(C(C)(C)C)c2)cc1. The van der Waals surface area contributed by atoms with Crippen LogP contribution in [-0.2, 0) is 21.7 Å². The van der Waals surface area contributed by atoms with Gasteiger partial charge in [0.05, 0.1) is 14.2 Å². The van der Waals surface area contributed by atoms with Gasteiger partial charge >= 0.3 is 0 Å². The molecule has 0 aliphatic carbocycles. The summed E-state index contributed by atoms with van der Waals surface area (Å²) in [5, 5.41) is 0. The average molecular weight is 799 g/mol. The van der Waals surface area contributed by atoms with E-state index in [4.69, 9.17) is 9.47 Å². The minimum absolute atomic E-state index is 0.00443. The van der Waals surface area contributed by atoms with Crippen molar-refractivity contribution in [3.63, 3.8) is 0 Å². The zero-order valence-electron chi connectivity index (χ0n) is 38.6. The Bertz CT molecular complexity index is 2160. The number of nitrogens with zero attached hydrogens (tertiary/aromatic N) is 2. The third-order valence-electron chi connectivity index (χ3n) is 11.2. The molecule has 4 heteroatoms. The van der Waals surface area contributed by atoms with Crippen molar-refractivity contribution in [2.45, 2.75) is 105 Å². The van der Waals surface area contributed by atoms with E-state index in [1.807, 2.05) is 24.3 Å². The molecular weight excluding hydrogens is 733 g/mol. The van der Waals surface area contributed by atoms with Gasteiger partial charge in [0.2, 0.25) is 0 Å². The van der Waals surface area contributed by atoms with Crippen LogP contribution in [0.2, 0.25) is 0 Å². The molecule has 6 rings (SSSR count). The second-order valence-electron chi connectivity index (χ2n) is 20.1. The van der Waals surface area contributed by atoms with Crippen molar-refractivity contribution < 1.29 is 9.47 Å². The first kappa shape index (κ1) is 43.8. The number of ether oxygens (including phenoxy) is 2. The van der Waals surface area contributed by atoms with Crippen molar-refractivity contribution in [2.24, 2.45) is 0 Å². The topological polar surface area (TPSA) is 24.9 Å². The van der Waals surface area contributed by atoms with Crippen molar-refractivity contribution in [3.05, 3.63) is 167 Å². The predicted molar refractivity (Wildman–Crippen MR) is 259 cm³/mol. The van der Waals surface area contributed by atoms with Gasteiger partial charge in [-0.15, -0.1) is 0 Å². The van der Waals surface area contributed by atoms with Crippen LogP contribution in [0.5, 0.6) is 11.5 Å². The molecule has 312 valence electrons. The lowest BCUT2D eigenvalue weighted by Crippen LogP contribution is -2.19. The maximum Gasteiger partial charge on any atom is 0.119 e. The Balaban J connectivity index is 1.34. The fourth-order valence-corrected chi connectivity index (χ4v) is 7.23. The van der Waals surface area contributed by atoms with Crippen LogP contribution < -0.4 is 19.3 Å². The van der Waals surface area contributed by atoms with Crippen molar-refractivity contribution in [1.29, 1.82) is 0 Å². The van der Waals surface area contributed by atoms with Crippen molar-refractivity contribution in [3.8, 4) is 11.5 Å². The number of rotatable bonds is 10. The number of hydrogen-bond acceptors (Lipinski definition) is 4. The standard InChI is InChI=1S/C56H66N2O2/c1-53(2,3)41-33-42(54(4,5)6)36-49(35-41)57(47-25-29-51(59-13)30-26-47)45-21-17-39(18-22-45)15-16-40-19-23-46(24-20-40)58(48-27-31-52(60-14)32-28-48)50-37-43(55(7,8)9)34-44(38-50)56(10,11)12/h15-38H,1-14H3/b16-15+. The lowest BCUT2D eigenvalue weighted by Gasteiger charge is -2.31. The first-order valence-electron chi connectivity index (χ1n) is 21.2. The van der Waals surface area contributed by atoms with Gasteiger partial charge in [-0.2, -0.15) is 0 Å². The molecule has 6 aromatic carbocycles. The lowest BCUT2D eigenvalue weighted by atomic mass is 9.80. The quantitative estimate of drug-likeness (QED) is 0.129. The highest BCUT2D eigenvalue weighted by Gasteiger charge is 2.25. The molecule has 0 heterocycles. The minimum atomic E-state index is -0.00443. The van der Waals surface area contributed by atoms with E-state index < -0.39 is 0 Å². The number of benzene rings is 6. The fourth-order valence-electron chi connectivity index (χ4n) is 7.23. The molecule has 0 atom stereocenters. The highest BCUT2D eigenvalue weighted by atomic mass is 16.5. The van der Waals surface area contributed by atoms with Crippen LogP contribution in [0.1, 0.15) is 116 Å². The van der Waals surface area contributed by atoms with Gasteiger partial charge in [0.15, 0.2) is 0 Å². The van der Waals surface area contributed by atoms with Crippen LogP contribution in [-0.4, -0.2) is 14.2 Å². The summed E-state index contributed by atoms with van der Waals surface area (Å²) in [6.07, 6.45) is 4.39. The second kappa shape index (κ2) is 17.1. The number of methoxy groups -OCH3 is 2. The van der Waals surface area contributed by atoms with Gasteiger partial charge in [-0.05, 0) is 152 Å². The summed E-state index contributed by atoms with van der Waals surface area (Å²) in [6.45, 7) is 27.5. The van der Waals surface area contributed by atoms with Gasteiger partial charge in [-0.3, -0.25) is 0 Å². The first-order chi connectivity index (χ1) is 28.1. The van der Waals surface area contributed by atoms with Gasteiger partial charge in [-0.1, -0.05) is 132 Å². The summed E-state index contributed by atoms with van der Waals surface area (Å²) in [4.78, 5) is 4.71. The third-order valence-corrected chi connectivity index (χ3v) is 11.2. The van der Waals surface area contributed by atoms with Gasteiger partial charge in [0.1, 0.15) is 11.5 Å². The summed E-state index contributed by atoms with van der Waals surface area (Å²) in [5.41, 5.74) is 14.1. The highest BCUT2D eigenvalue weighted by Crippen LogP contribution is 2.42. The van der Waals surface area contributed by atoms with Crippen LogP contribution in [0, 0.1) is 0 Å².